The number of carbonyl (C=O) groups is 2. The number of hydrogen-bond acceptors (Lipinski definition) is 5. The molecule has 0 aromatic carbocycles. The molecule has 0 saturated carbocycles. The van der Waals surface area contributed by atoms with Gasteiger partial charge in [0, 0.05) is 12.4 Å². The van der Waals surface area contributed by atoms with Crippen LogP contribution in [0.2, 0.25) is 0 Å². The van der Waals surface area contributed by atoms with E-state index in [1.165, 1.54) is 12.2 Å². The summed E-state index contributed by atoms with van der Waals surface area (Å²) < 4.78 is 0. The number of hydrogen-bond donors (Lipinski definition) is 0. The van der Waals surface area contributed by atoms with Crippen LogP contribution >= 0.6 is 0 Å². The van der Waals surface area contributed by atoms with Crippen LogP contribution in [0.4, 0.5) is 0 Å². The molecule has 3 aromatic rings. The summed E-state index contributed by atoms with van der Waals surface area (Å²) in [6, 6.07) is 15.6. The highest BCUT2D eigenvalue weighted by atomic mass is 16.1. The van der Waals surface area contributed by atoms with Crippen LogP contribution in [-0.2, 0) is 0 Å². The first-order chi connectivity index (χ1) is 12.7. The second-order valence-electron chi connectivity index (χ2n) is 5.31. The molecule has 3 rings (SSSR count). The molecule has 0 saturated heterocycles. The predicted octanol–water partition coefficient (Wildman–Crippen LogP) is 3.66. The van der Waals surface area contributed by atoms with Gasteiger partial charge in [0.1, 0.15) is 11.4 Å². The number of carbonyl (C=O) groups excluding carboxylic acids is 2. The second-order valence-corrected chi connectivity index (χ2v) is 5.31. The standard InChI is InChI=1S/C21H15N3O2/c25-20(12-10-16-6-1-3-14-22-16)18-8-5-9-19(24-18)21(26)13-11-17-7-2-4-15-23-17/h1-15H. The van der Waals surface area contributed by atoms with Gasteiger partial charge in [-0.15, -0.1) is 0 Å². The number of aromatic nitrogens is 3. The molecular formula is C21H15N3O2. The zero-order valence-corrected chi connectivity index (χ0v) is 13.8. The molecular weight excluding hydrogens is 326 g/mol. The smallest absolute Gasteiger partial charge is 0.204 e. The first kappa shape index (κ1) is 17.1. The molecule has 126 valence electrons. The quantitative estimate of drug-likeness (QED) is 0.505. The lowest BCUT2D eigenvalue weighted by atomic mass is 10.1. The van der Waals surface area contributed by atoms with Crippen molar-refractivity contribution >= 4 is 23.7 Å². The molecule has 5 nitrogen and oxygen atoms in total. The molecule has 0 amide bonds. The molecule has 0 aliphatic heterocycles. The molecule has 3 heterocycles. The average molecular weight is 341 g/mol. The zero-order chi connectivity index (χ0) is 18.2. The lowest BCUT2D eigenvalue weighted by Gasteiger charge is -1.99. The van der Waals surface area contributed by atoms with E-state index in [1.807, 2.05) is 12.1 Å². The SMILES string of the molecule is O=C(C=Cc1ccccn1)c1cccc(C(=O)C=Cc2ccccn2)n1. The molecule has 0 aliphatic rings. The van der Waals surface area contributed by atoms with Gasteiger partial charge in [0.2, 0.25) is 11.6 Å². The summed E-state index contributed by atoms with van der Waals surface area (Å²) in [6.07, 6.45) is 9.30. The van der Waals surface area contributed by atoms with Crippen LogP contribution in [0.25, 0.3) is 12.2 Å². The Morgan fingerprint density at radius 1 is 0.654 bits per heavy atom. The van der Waals surface area contributed by atoms with Crippen molar-refractivity contribution in [3.8, 4) is 0 Å². The van der Waals surface area contributed by atoms with Crippen LogP contribution in [0.5, 0.6) is 0 Å². The van der Waals surface area contributed by atoms with E-state index in [-0.39, 0.29) is 23.0 Å². The molecule has 0 N–H and O–H groups in total. The first-order valence-corrected chi connectivity index (χ1v) is 7.96. The summed E-state index contributed by atoms with van der Waals surface area (Å²) >= 11 is 0. The fourth-order valence-electron chi connectivity index (χ4n) is 2.15. The Morgan fingerprint density at radius 3 is 1.58 bits per heavy atom. The van der Waals surface area contributed by atoms with E-state index in [2.05, 4.69) is 15.0 Å². The topological polar surface area (TPSA) is 72.8 Å². The minimum absolute atomic E-state index is 0.203. The minimum Gasteiger partial charge on any atom is -0.288 e. The average Bonchev–Trinajstić information content (AvgIpc) is 2.72. The van der Waals surface area contributed by atoms with Crippen LogP contribution in [0.15, 0.2) is 79.1 Å². The van der Waals surface area contributed by atoms with Gasteiger partial charge in [-0.05, 0) is 60.7 Å². The molecule has 0 unspecified atom stereocenters. The van der Waals surface area contributed by atoms with E-state index in [9.17, 15) is 9.59 Å². The Bertz CT molecular complexity index is 888. The normalized spacial score (nSPS) is 11.1. The van der Waals surface area contributed by atoms with Crippen molar-refractivity contribution in [2.45, 2.75) is 0 Å². The molecule has 0 fully saturated rings. The molecule has 26 heavy (non-hydrogen) atoms. The van der Waals surface area contributed by atoms with Gasteiger partial charge >= 0.3 is 0 Å². The van der Waals surface area contributed by atoms with Crippen molar-refractivity contribution in [2.75, 3.05) is 0 Å². The third kappa shape index (κ3) is 4.64. The highest BCUT2D eigenvalue weighted by Gasteiger charge is 2.09. The van der Waals surface area contributed by atoms with Crippen LogP contribution in [-0.4, -0.2) is 26.5 Å². The Hall–Kier alpha value is -3.73. The summed E-state index contributed by atoms with van der Waals surface area (Å²) in [6.45, 7) is 0. The fraction of sp³-hybridized carbons (Fsp3) is 0. The van der Waals surface area contributed by atoms with Crippen molar-refractivity contribution in [3.05, 3.63) is 102 Å². The van der Waals surface area contributed by atoms with E-state index in [0.29, 0.717) is 11.4 Å². The van der Waals surface area contributed by atoms with Gasteiger partial charge in [-0.3, -0.25) is 19.6 Å². The maximum Gasteiger partial charge on any atom is 0.204 e. The second kappa shape index (κ2) is 8.39. The largest absolute Gasteiger partial charge is 0.288 e. The van der Waals surface area contributed by atoms with Gasteiger partial charge in [0.15, 0.2) is 0 Å². The van der Waals surface area contributed by atoms with Crippen LogP contribution < -0.4 is 0 Å². The van der Waals surface area contributed by atoms with Gasteiger partial charge in [0.25, 0.3) is 0 Å². The van der Waals surface area contributed by atoms with Gasteiger partial charge in [-0.25, -0.2) is 4.98 Å². The first-order valence-electron chi connectivity index (χ1n) is 7.96. The summed E-state index contributed by atoms with van der Waals surface area (Å²) in [5.41, 5.74) is 1.75. The Morgan fingerprint density at radius 2 is 1.15 bits per heavy atom. The van der Waals surface area contributed by atoms with Crippen LogP contribution in [0, 0.1) is 0 Å². The Balaban J connectivity index is 1.73. The van der Waals surface area contributed by atoms with Crippen molar-refractivity contribution in [1.82, 2.24) is 15.0 Å². The lowest BCUT2D eigenvalue weighted by molar-refractivity contribution is 0.104. The summed E-state index contributed by atoms with van der Waals surface area (Å²) in [7, 11) is 0. The van der Waals surface area contributed by atoms with Crippen molar-refractivity contribution in [2.24, 2.45) is 0 Å². The molecule has 0 aliphatic carbocycles. The van der Waals surface area contributed by atoms with E-state index < -0.39 is 0 Å². The monoisotopic (exact) mass is 341 g/mol. The van der Waals surface area contributed by atoms with Crippen LogP contribution in [0.1, 0.15) is 32.4 Å². The van der Waals surface area contributed by atoms with Gasteiger partial charge in [-0.1, -0.05) is 18.2 Å². The van der Waals surface area contributed by atoms with Gasteiger partial charge in [-0.2, -0.15) is 0 Å². The van der Waals surface area contributed by atoms with E-state index in [1.54, 1.807) is 67.0 Å². The highest BCUT2D eigenvalue weighted by Crippen LogP contribution is 2.06. The maximum absolute atomic E-state index is 12.3. The molecule has 0 bridgehead atoms. The van der Waals surface area contributed by atoms with Crippen LogP contribution in [0.3, 0.4) is 0 Å². The number of rotatable bonds is 6. The minimum atomic E-state index is -0.293. The van der Waals surface area contributed by atoms with Crippen molar-refractivity contribution in [1.29, 1.82) is 0 Å². The Labute approximate surface area is 150 Å². The van der Waals surface area contributed by atoms with E-state index in [4.69, 9.17) is 0 Å². The lowest BCUT2D eigenvalue weighted by Crippen LogP contribution is -2.05. The van der Waals surface area contributed by atoms with Gasteiger partial charge in [0.05, 0.1) is 11.4 Å². The number of nitrogens with zero attached hydrogens (tertiary/aromatic N) is 3. The number of pyridine rings is 3. The summed E-state index contributed by atoms with van der Waals surface area (Å²) in [5.74, 6) is -0.585. The number of allylic oxidation sites excluding steroid dienone is 2. The maximum atomic E-state index is 12.3. The third-order valence-corrected chi connectivity index (χ3v) is 3.44. The Kier molecular flexibility index (Phi) is 5.52. The predicted molar refractivity (Wildman–Crippen MR) is 99.4 cm³/mol. The number of ketones is 2. The van der Waals surface area contributed by atoms with E-state index >= 15 is 0 Å². The molecule has 0 radical (unpaired) electrons. The third-order valence-electron chi connectivity index (χ3n) is 3.44. The molecule has 3 aromatic heterocycles. The van der Waals surface area contributed by atoms with Gasteiger partial charge < -0.3 is 0 Å². The fourth-order valence-corrected chi connectivity index (χ4v) is 2.15. The zero-order valence-electron chi connectivity index (χ0n) is 13.8. The summed E-state index contributed by atoms with van der Waals surface area (Å²) in [4.78, 5) is 36.9. The van der Waals surface area contributed by atoms with E-state index in [0.717, 1.165) is 0 Å². The van der Waals surface area contributed by atoms with Crippen molar-refractivity contribution < 1.29 is 9.59 Å². The summed E-state index contributed by atoms with van der Waals surface area (Å²) in [5, 5.41) is 0. The molecule has 5 heteroatoms. The van der Waals surface area contributed by atoms with Crippen molar-refractivity contribution in [3.63, 3.8) is 0 Å². The molecule has 0 atom stereocenters. The molecule has 0 spiro atoms. The highest BCUT2D eigenvalue weighted by molar-refractivity contribution is 6.08.